The molecule has 0 aliphatic carbocycles. The monoisotopic (exact) mass is 196 g/mol. The minimum Gasteiger partial charge on any atom is -0.476 e. The molecule has 0 unspecified atom stereocenters. The van der Waals surface area contributed by atoms with Gasteiger partial charge in [-0.05, 0) is 6.07 Å². The number of hydrogen-bond donors (Lipinski definition) is 1. The van der Waals surface area contributed by atoms with Gasteiger partial charge in [0.2, 0.25) is 5.13 Å². The molecule has 13 heavy (non-hydrogen) atoms. The first-order valence-electron chi connectivity index (χ1n) is 3.33. The van der Waals surface area contributed by atoms with Crippen LogP contribution in [0.2, 0.25) is 0 Å². The maximum absolute atomic E-state index is 10.5. The van der Waals surface area contributed by atoms with Crippen LogP contribution in [-0.2, 0) is 0 Å². The molecular formula is C6H4N4O2S. The van der Waals surface area contributed by atoms with Gasteiger partial charge in [0, 0.05) is 6.20 Å². The molecule has 6 nitrogen and oxygen atoms in total. The van der Waals surface area contributed by atoms with Crippen molar-refractivity contribution in [3.8, 4) is 5.13 Å². The van der Waals surface area contributed by atoms with Crippen LogP contribution >= 0.6 is 11.3 Å². The molecule has 0 spiro atoms. The summed E-state index contributed by atoms with van der Waals surface area (Å²) < 4.78 is 1.38. The minimum absolute atomic E-state index is 0.00444. The second kappa shape index (κ2) is 2.94. The van der Waals surface area contributed by atoms with E-state index < -0.39 is 5.97 Å². The van der Waals surface area contributed by atoms with E-state index in [2.05, 4.69) is 15.3 Å². The Balaban J connectivity index is 2.39. The summed E-state index contributed by atoms with van der Waals surface area (Å²) in [5.74, 6) is -1.05. The van der Waals surface area contributed by atoms with Crippen molar-refractivity contribution >= 4 is 17.3 Å². The Bertz CT molecular complexity index is 422. The molecule has 0 aliphatic rings. The molecule has 2 heterocycles. The number of nitrogens with zero attached hydrogens (tertiary/aromatic N) is 4. The molecule has 0 atom stereocenters. The molecule has 0 saturated heterocycles. The third-order valence-electron chi connectivity index (χ3n) is 1.35. The zero-order valence-corrected chi connectivity index (χ0v) is 7.10. The van der Waals surface area contributed by atoms with E-state index in [1.54, 1.807) is 5.51 Å². The van der Waals surface area contributed by atoms with Crippen LogP contribution in [0.25, 0.3) is 5.13 Å². The molecule has 66 valence electrons. The van der Waals surface area contributed by atoms with Crippen molar-refractivity contribution in [1.82, 2.24) is 20.0 Å². The summed E-state index contributed by atoms with van der Waals surface area (Å²) >= 11 is 1.29. The summed E-state index contributed by atoms with van der Waals surface area (Å²) in [5.41, 5.74) is 1.55. The predicted octanol–water partition coefficient (Wildman–Crippen LogP) is 0.422. The normalized spacial score (nSPS) is 10.2. The summed E-state index contributed by atoms with van der Waals surface area (Å²) in [5, 5.41) is 20.3. The van der Waals surface area contributed by atoms with Gasteiger partial charge in [-0.15, -0.1) is 10.2 Å². The van der Waals surface area contributed by atoms with E-state index in [1.165, 1.54) is 28.3 Å². The summed E-state index contributed by atoms with van der Waals surface area (Å²) in [4.78, 5) is 10.5. The zero-order valence-electron chi connectivity index (χ0n) is 6.28. The zero-order chi connectivity index (χ0) is 9.26. The summed E-state index contributed by atoms with van der Waals surface area (Å²) in [7, 11) is 0. The maximum Gasteiger partial charge on any atom is 0.356 e. The van der Waals surface area contributed by atoms with E-state index in [1.807, 2.05) is 0 Å². The Kier molecular flexibility index (Phi) is 1.78. The molecule has 0 aliphatic heterocycles. The van der Waals surface area contributed by atoms with E-state index >= 15 is 0 Å². The fourth-order valence-electron chi connectivity index (χ4n) is 0.812. The smallest absolute Gasteiger partial charge is 0.356 e. The van der Waals surface area contributed by atoms with Crippen molar-refractivity contribution in [2.45, 2.75) is 0 Å². The number of rotatable bonds is 2. The van der Waals surface area contributed by atoms with Gasteiger partial charge in [-0.1, -0.05) is 11.3 Å². The van der Waals surface area contributed by atoms with E-state index in [4.69, 9.17) is 5.11 Å². The van der Waals surface area contributed by atoms with Crippen molar-refractivity contribution < 1.29 is 9.90 Å². The Morgan fingerprint density at radius 1 is 1.62 bits per heavy atom. The first-order valence-corrected chi connectivity index (χ1v) is 4.21. The molecule has 0 amide bonds. The first-order chi connectivity index (χ1) is 6.27. The molecule has 0 fully saturated rings. The standard InChI is InChI=1S/C6H4N4O2S/c11-5(12)4-1-2-10(9-4)6-8-7-3-13-6/h1-3H,(H,11,12). The van der Waals surface area contributed by atoms with Crippen molar-refractivity contribution in [3.05, 3.63) is 23.5 Å². The molecule has 0 aromatic carbocycles. The van der Waals surface area contributed by atoms with Crippen molar-refractivity contribution in [2.24, 2.45) is 0 Å². The molecule has 2 aromatic heterocycles. The Morgan fingerprint density at radius 2 is 2.46 bits per heavy atom. The number of carboxylic acid groups (broad SMARTS) is 1. The fraction of sp³-hybridized carbons (Fsp3) is 0. The molecular weight excluding hydrogens is 192 g/mol. The average molecular weight is 196 g/mol. The van der Waals surface area contributed by atoms with Crippen LogP contribution in [0.3, 0.4) is 0 Å². The largest absolute Gasteiger partial charge is 0.476 e. The second-order valence-corrected chi connectivity index (χ2v) is 2.98. The van der Waals surface area contributed by atoms with E-state index in [9.17, 15) is 4.79 Å². The number of carboxylic acids is 1. The molecule has 2 aromatic rings. The van der Waals surface area contributed by atoms with Gasteiger partial charge < -0.3 is 5.11 Å². The van der Waals surface area contributed by atoms with Crippen LogP contribution in [0.1, 0.15) is 10.5 Å². The van der Waals surface area contributed by atoms with Crippen LogP contribution in [0.5, 0.6) is 0 Å². The van der Waals surface area contributed by atoms with E-state index in [-0.39, 0.29) is 5.69 Å². The Hall–Kier alpha value is -1.76. The van der Waals surface area contributed by atoms with Gasteiger partial charge in [-0.2, -0.15) is 5.10 Å². The average Bonchev–Trinajstić information content (AvgIpc) is 2.75. The Labute approximate surface area is 76.5 Å². The summed E-state index contributed by atoms with van der Waals surface area (Å²) in [6, 6.07) is 1.41. The highest BCUT2D eigenvalue weighted by Crippen LogP contribution is 2.08. The van der Waals surface area contributed by atoms with Crippen molar-refractivity contribution in [1.29, 1.82) is 0 Å². The number of aromatic carboxylic acids is 1. The van der Waals surface area contributed by atoms with Crippen LogP contribution in [0.4, 0.5) is 0 Å². The van der Waals surface area contributed by atoms with Gasteiger partial charge in [0.05, 0.1) is 0 Å². The lowest BCUT2D eigenvalue weighted by Crippen LogP contribution is -2.00. The highest BCUT2D eigenvalue weighted by atomic mass is 32.1. The summed E-state index contributed by atoms with van der Waals surface area (Å²) in [6.45, 7) is 0. The van der Waals surface area contributed by atoms with Crippen molar-refractivity contribution in [3.63, 3.8) is 0 Å². The summed E-state index contributed by atoms with van der Waals surface area (Å²) in [6.07, 6.45) is 1.53. The molecule has 0 bridgehead atoms. The minimum atomic E-state index is -1.05. The number of carbonyl (C=O) groups is 1. The van der Waals surface area contributed by atoms with E-state index in [0.29, 0.717) is 5.13 Å². The van der Waals surface area contributed by atoms with Crippen molar-refractivity contribution in [2.75, 3.05) is 0 Å². The lowest BCUT2D eigenvalue weighted by Gasteiger charge is -1.90. The SMILES string of the molecule is O=C(O)c1ccn(-c2nncs2)n1. The third kappa shape index (κ3) is 1.41. The van der Waals surface area contributed by atoms with Crippen LogP contribution < -0.4 is 0 Å². The molecule has 7 heteroatoms. The second-order valence-electron chi connectivity index (χ2n) is 2.17. The lowest BCUT2D eigenvalue weighted by molar-refractivity contribution is 0.0690. The highest BCUT2D eigenvalue weighted by molar-refractivity contribution is 7.11. The van der Waals surface area contributed by atoms with Gasteiger partial charge >= 0.3 is 5.97 Å². The third-order valence-corrected chi connectivity index (χ3v) is 2.03. The highest BCUT2D eigenvalue weighted by Gasteiger charge is 2.08. The van der Waals surface area contributed by atoms with Gasteiger partial charge in [-0.3, -0.25) is 0 Å². The molecule has 0 saturated carbocycles. The van der Waals surface area contributed by atoms with Gasteiger partial charge in [0.25, 0.3) is 0 Å². The Morgan fingerprint density at radius 3 is 3.00 bits per heavy atom. The van der Waals surface area contributed by atoms with Crippen LogP contribution in [-0.4, -0.2) is 31.1 Å². The predicted molar refractivity (Wildman–Crippen MR) is 44.0 cm³/mol. The first kappa shape index (κ1) is 7.87. The molecule has 2 rings (SSSR count). The number of hydrogen-bond acceptors (Lipinski definition) is 5. The topological polar surface area (TPSA) is 80.9 Å². The maximum atomic E-state index is 10.5. The van der Waals surface area contributed by atoms with Crippen LogP contribution in [0.15, 0.2) is 17.8 Å². The number of aromatic nitrogens is 4. The molecule has 0 radical (unpaired) electrons. The van der Waals surface area contributed by atoms with Gasteiger partial charge in [-0.25, -0.2) is 9.48 Å². The lowest BCUT2D eigenvalue weighted by atomic mass is 10.5. The van der Waals surface area contributed by atoms with Gasteiger partial charge in [0.15, 0.2) is 5.69 Å². The quantitative estimate of drug-likeness (QED) is 0.752. The van der Waals surface area contributed by atoms with E-state index in [0.717, 1.165) is 0 Å². The molecule has 1 N–H and O–H groups in total. The van der Waals surface area contributed by atoms with Gasteiger partial charge in [0.1, 0.15) is 5.51 Å². The fourth-order valence-corrected chi connectivity index (χ4v) is 1.30. The van der Waals surface area contributed by atoms with Crippen LogP contribution in [0, 0.1) is 0 Å².